The number of benzene rings is 1. The zero-order chi connectivity index (χ0) is 15.4. The lowest BCUT2D eigenvalue weighted by atomic mass is 10.1. The molecule has 0 radical (unpaired) electrons. The highest BCUT2D eigenvalue weighted by Crippen LogP contribution is 2.22. The van der Waals surface area contributed by atoms with Gasteiger partial charge in [-0.05, 0) is 43.7 Å². The average Bonchev–Trinajstić information content (AvgIpc) is 2.53. The predicted octanol–water partition coefficient (Wildman–Crippen LogP) is 2.55. The standard InChI is InChI=1S/C17H20N2O3/c20-17(21)7-10-19-9-2-4-15(12-19)22-14-5-6-16-13(11-14)3-1-8-18-16/h1,3,5-6,8,11,15H,2,4,7,9-10,12H2,(H,20,21). The third-order valence-corrected chi connectivity index (χ3v) is 3.98. The molecule has 116 valence electrons. The van der Waals surface area contributed by atoms with Gasteiger partial charge in [-0.15, -0.1) is 0 Å². The van der Waals surface area contributed by atoms with Crippen LogP contribution < -0.4 is 4.74 Å². The van der Waals surface area contributed by atoms with Crippen molar-refractivity contribution in [3.63, 3.8) is 0 Å². The van der Waals surface area contributed by atoms with E-state index in [0.717, 1.165) is 42.6 Å². The highest BCUT2D eigenvalue weighted by Gasteiger charge is 2.21. The van der Waals surface area contributed by atoms with E-state index in [4.69, 9.17) is 9.84 Å². The molecule has 0 saturated carbocycles. The second kappa shape index (κ2) is 6.75. The van der Waals surface area contributed by atoms with Gasteiger partial charge in [-0.25, -0.2) is 0 Å². The lowest BCUT2D eigenvalue weighted by Crippen LogP contribution is -2.41. The Kier molecular flexibility index (Phi) is 4.53. The molecular formula is C17H20N2O3. The number of aliphatic carboxylic acids is 1. The summed E-state index contributed by atoms with van der Waals surface area (Å²) in [6.07, 6.45) is 4.14. The van der Waals surface area contributed by atoms with E-state index in [1.54, 1.807) is 6.20 Å². The van der Waals surface area contributed by atoms with Gasteiger partial charge < -0.3 is 9.84 Å². The Bertz CT molecular complexity index is 659. The maximum Gasteiger partial charge on any atom is 0.304 e. The number of nitrogens with zero attached hydrogens (tertiary/aromatic N) is 2. The maximum atomic E-state index is 10.7. The summed E-state index contributed by atoms with van der Waals surface area (Å²) < 4.78 is 6.08. The second-order valence-electron chi connectivity index (χ2n) is 5.68. The van der Waals surface area contributed by atoms with Gasteiger partial charge in [-0.2, -0.15) is 0 Å². The summed E-state index contributed by atoms with van der Waals surface area (Å²) in [5.41, 5.74) is 0.960. The Hall–Kier alpha value is -2.14. The Morgan fingerprint density at radius 1 is 1.41 bits per heavy atom. The molecule has 1 N–H and O–H groups in total. The minimum atomic E-state index is -0.745. The number of fused-ring (bicyclic) bond motifs is 1. The van der Waals surface area contributed by atoms with E-state index >= 15 is 0 Å². The van der Waals surface area contributed by atoms with Gasteiger partial charge in [0.2, 0.25) is 0 Å². The first kappa shape index (κ1) is 14.8. The number of ether oxygens (including phenoxy) is 1. The van der Waals surface area contributed by atoms with Crippen molar-refractivity contribution in [2.75, 3.05) is 19.6 Å². The lowest BCUT2D eigenvalue weighted by Gasteiger charge is -2.32. The largest absolute Gasteiger partial charge is 0.489 e. The SMILES string of the molecule is O=C(O)CCN1CCCC(Oc2ccc3ncccc3c2)C1. The molecule has 1 saturated heterocycles. The minimum Gasteiger partial charge on any atom is -0.489 e. The van der Waals surface area contributed by atoms with E-state index in [1.807, 2.05) is 30.3 Å². The van der Waals surface area contributed by atoms with Crippen LogP contribution in [0.15, 0.2) is 36.5 Å². The fourth-order valence-corrected chi connectivity index (χ4v) is 2.89. The van der Waals surface area contributed by atoms with E-state index in [1.165, 1.54) is 0 Å². The summed E-state index contributed by atoms with van der Waals surface area (Å²) in [5, 5.41) is 9.85. The fourth-order valence-electron chi connectivity index (χ4n) is 2.89. The molecule has 3 rings (SSSR count). The topological polar surface area (TPSA) is 62.7 Å². The van der Waals surface area contributed by atoms with Crippen LogP contribution in [-0.4, -0.2) is 46.7 Å². The summed E-state index contributed by atoms with van der Waals surface area (Å²) in [4.78, 5) is 17.1. The number of rotatable bonds is 5. The molecule has 0 bridgehead atoms. The third kappa shape index (κ3) is 3.74. The van der Waals surface area contributed by atoms with Gasteiger partial charge >= 0.3 is 5.97 Å². The maximum absolute atomic E-state index is 10.7. The van der Waals surface area contributed by atoms with Crippen LogP contribution in [0.3, 0.4) is 0 Å². The molecule has 0 amide bonds. The molecule has 1 aliphatic rings. The number of likely N-dealkylation sites (tertiary alicyclic amines) is 1. The van der Waals surface area contributed by atoms with Crippen molar-refractivity contribution < 1.29 is 14.6 Å². The van der Waals surface area contributed by atoms with Crippen LogP contribution in [0.2, 0.25) is 0 Å². The summed E-state index contributed by atoms with van der Waals surface area (Å²) >= 11 is 0. The van der Waals surface area contributed by atoms with Crippen LogP contribution in [0.25, 0.3) is 10.9 Å². The smallest absolute Gasteiger partial charge is 0.304 e. The van der Waals surface area contributed by atoms with Crippen molar-refractivity contribution in [2.45, 2.75) is 25.4 Å². The molecule has 1 aromatic heterocycles. The highest BCUT2D eigenvalue weighted by molar-refractivity contribution is 5.79. The van der Waals surface area contributed by atoms with Gasteiger partial charge in [-0.1, -0.05) is 6.07 Å². The Labute approximate surface area is 129 Å². The van der Waals surface area contributed by atoms with Crippen LogP contribution in [0.1, 0.15) is 19.3 Å². The van der Waals surface area contributed by atoms with E-state index in [0.29, 0.717) is 6.54 Å². The predicted molar refractivity (Wildman–Crippen MR) is 84.1 cm³/mol. The normalized spacial score (nSPS) is 19.2. The first-order valence-electron chi connectivity index (χ1n) is 7.66. The quantitative estimate of drug-likeness (QED) is 0.919. The first-order valence-corrected chi connectivity index (χ1v) is 7.66. The number of carboxylic acids is 1. The molecule has 1 aliphatic heterocycles. The summed E-state index contributed by atoms with van der Waals surface area (Å²) in [7, 11) is 0. The zero-order valence-corrected chi connectivity index (χ0v) is 12.4. The monoisotopic (exact) mass is 300 g/mol. The molecule has 1 aromatic carbocycles. The molecule has 1 unspecified atom stereocenters. The van der Waals surface area contributed by atoms with Crippen molar-refractivity contribution in [2.24, 2.45) is 0 Å². The van der Waals surface area contributed by atoms with Crippen molar-refractivity contribution in [1.82, 2.24) is 9.88 Å². The van der Waals surface area contributed by atoms with Gasteiger partial charge in [0.25, 0.3) is 0 Å². The number of hydrogen-bond acceptors (Lipinski definition) is 4. The minimum absolute atomic E-state index is 0.122. The average molecular weight is 300 g/mol. The summed E-state index contributed by atoms with van der Waals surface area (Å²) in [6, 6.07) is 9.87. The van der Waals surface area contributed by atoms with Gasteiger partial charge in [-0.3, -0.25) is 14.7 Å². The van der Waals surface area contributed by atoms with Crippen molar-refractivity contribution in [1.29, 1.82) is 0 Å². The van der Waals surface area contributed by atoms with Crippen molar-refractivity contribution in [3.8, 4) is 5.75 Å². The first-order chi connectivity index (χ1) is 10.7. The van der Waals surface area contributed by atoms with Crippen LogP contribution >= 0.6 is 0 Å². The van der Waals surface area contributed by atoms with E-state index in [9.17, 15) is 4.79 Å². The molecule has 5 heteroatoms. The lowest BCUT2D eigenvalue weighted by molar-refractivity contribution is -0.137. The summed E-state index contributed by atoms with van der Waals surface area (Å²) in [6.45, 7) is 2.34. The Balaban J connectivity index is 1.62. The van der Waals surface area contributed by atoms with Crippen LogP contribution in [0, 0.1) is 0 Å². The van der Waals surface area contributed by atoms with Gasteiger partial charge in [0, 0.05) is 24.7 Å². The van der Waals surface area contributed by atoms with E-state index < -0.39 is 5.97 Å². The number of carbonyl (C=O) groups is 1. The molecule has 22 heavy (non-hydrogen) atoms. The molecule has 0 aliphatic carbocycles. The number of piperidine rings is 1. The van der Waals surface area contributed by atoms with Crippen LogP contribution in [-0.2, 0) is 4.79 Å². The van der Waals surface area contributed by atoms with Gasteiger partial charge in [0.15, 0.2) is 0 Å². The number of carboxylic acid groups (broad SMARTS) is 1. The highest BCUT2D eigenvalue weighted by atomic mass is 16.5. The summed E-state index contributed by atoms with van der Waals surface area (Å²) in [5.74, 6) is 0.107. The second-order valence-corrected chi connectivity index (χ2v) is 5.68. The molecule has 2 heterocycles. The molecule has 2 aromatic rings. The fraction of sp³-hybridized carbons (Fsp3) is 0.412. The number of pyridine rings is 1. The third-order valence-electron chi connectivity index (χ3n) is 3.98. The molecule has 1 fully saturated rings. The van der Waals surface area contributed by atoms with Gasteiger partial charge in [0.1, 0.15) is 11.9 Å². The Morgan fingerprint density at radius 3 is 3.18 bits per heavy atom. The van der Waals surface area contributed by atoms with Crippen LogP contribution in [0.5, 0.6) is 5.75 Å². The van der Waals surface area contributed by atoms with E-state index in [2.05, 4.69) is 9.88 Å². The molecule has 1 atom stereocenters. The van der Waals surface area contributed by atoms with Crippen LogP contribution in [0.4, 0.5) is 0 Å². The molecule has 5 nitrogen and oxygen atoms in total. The molecule has 0 spiro atoms. The number of hydrogen-bond donors (Lipinski definition) is 1. The van der Waals surface area contributed by atoms with Crippen molar-refractivity contribution >= 4 is 16.9 Å². The van der Waals surface area contributed by atoms with Crippen molar-refractivity contribution in [3.05, 3.63) is 36.5 Å². The van der Waals surface area contributed by atoms with E-state index in [-0.39, 0.29) is 12.5 Å². The molecular weight excluding hydrogens is 280 g/mol. The number of aromatic nitrogens is 1. The Morgan fingerprint density at radius 2 is 2.32 bits per heavy atom. The van der Waals surface area contributed by atoms with Gasteiger partial charge in [0.05, 0.1) is 11.9 Å². The zero-order valence-electron chi connectivity index (χ0n) is 12.4.